The lowest BCUT2D eigenvalue weighted by Gasteiger charge is -2.15. The Kier molecular flexibility index (Phi) is 4.72. The van der Waals surface area contributed by atoms with Gasteiger partial charge in [-0.2, -0.15) is 0 Å². The third-order valence-electron chi connectivity index (χ3n) is 2.85. The molecule has 1 unspecified atom stereocenters. The van der Waals surface area contributed by atoms with Crippen LogP contribution in [0, 0.1) is 0 Å². The van der Waals surface area contributed by atoms with Crippen molar-refractivity contribution in [3.05, 3.63) is 58.6 Å². The van der Waals surface area contributed by atoms with Crippen molar-refractivity contribution >= 4 is 27.5 Å². The van der Waals surface area contributed by atoms with Gasteiger partial charge in [-0.25, -0.2) is 0 Å². The molecular formula is C15H14BrClO2. The largest absolute Gasteiger partial charge is 0.497 e. The molecule has 0 saturated carbocycles. The molecule has 2 aromatic rings. The zero-order valence-electron chi connectivity index (χ0n) is 10.7. The molecule has 2 nitrogen and oxygen atoms in total. The predicted molar refractivity (Wildman–Crippen MR) is 81.8 cm³/mol. The number of ether oxygens (including phenoxy) is 2. The van der Waals surface area contributed by atoms with E-state index in [0.29, 0.717) is 5.02 Å². The van der Waals surface area contributed by atoms with Crippen molar-refractivity contribution in [3.63, 3.8) is 0 Å². The minimum absolute atomic E-state index is 0.00347. The summed E-state index contributed by atoms with van der Waals surface area (Å²) in [7, 11) is 3.31. The molecule has 2 rings (SSSR count). The highest BCUT2D eigenvalue weighted by molar-refractivity contribution is 9.09. The summed E-state index contributed by atoms with van der Waals surface area (Å²) in [5.74, 6) is 1.62. The van der Waals surface area contributed by atoms with Gasteiger partial charge in [0.2, 0.25) is 0 Å². The van der Waals surface area contributed by atoms with E-state index in [4.69, 9.17) is 21.1 Å². The molecule has 4 heteroatoms. The first kappa shape index (κ1) is 14.2. The average Bonchev–Trinajstić information content (AvgIpc) is 2.46. The van der Waals surface area contributed by atoms with Crippen LogP contribution in [0.15, 0.2) is 42.5 Å². The van der Waals surface area contributed by atoms with Crippen molar-refractivity contribution < 1.29 is 9.47 Å². The number of benzene rings is 2. The van der Waals surface area contributed by atoms with E-state index in [2.05, 4.69) is 15.9 Å². The van der Waals surface area contributed by atoms with Crippen LogP contribution < -0.4 is 9.47 Å². The maximum absolute atomic E-state index is 6.06. The molecule has 0 aromatic heterocycles. The van der Waals surface area contributed by atoms with Crippen molar-refractivity contribution in [2.24, 2.45) is 0 Å². The molecule has 1 atom stereocenters. The highest BCUT2D eigenvalue weighted by atomic mass is 79.9. The molecule has 0 radical (unpaired) electrons. The Morgan fingerprint density at radius 3 is 2.53 bits per heavy atom. The van der Waals surface area contributed by atoms with Gasteiger partial charge in [-0.1, -0.05) is 39.7 Å². The third kappa shape index (κ3) is 3.23. The lowest BCUT2D eigenvalue weighted by molar-refractivity contribution is 0.409. The van der Waals surface area contributed by atoms with E-state index < -0.39 is 0 Å². The van der Waals surface area contributed by atoms with Gasteiger partial charge in [0, 0.05) is 10.6 Å². The van der Waals surface area contributed by atoms with E-state index in [9.17, 15) is 0 Å². The molecule has 0 aliphatic rings. The van der Waals surface area contributed by atoms with Crippen LogP contribution in [0.5, 0.6) is 11.5 Å². The van der Waals surface area contributed by atoms with Crippen LogP contribution in [-0.4, -0.2) is 14.2 Å². The first-order valence-electron chi connectivity index (χ1n) is 5.77. The van der Waals surface area contributed by atoms with Gasteiger partial charge in [-0.3, -0.25) is 0 Å². The Hall–Kier alpha value is -1.19. The molecule has 19 heavy (non-hydrogen) atoms. The summed E-state index contributed by atoms with van der Waals surface area (Å²) < 4.78 is 10.6. The highest BCUT2D eigenvalue weighted by Crippen LogP contribution is 2.38. The van der Waals surface area contributed by atoms with Gasteiger partial charge in [-0.15, -0.1) is 0 Å². The Morgan fingerprint density at radius 2 is 1.84 bits per heavy atom. The SMILES string of the molecule is COc1cccc(C(Br)c2cc(Cl)ccc2OC)c1. The molecule has 0 spiro atoms. The summed E-state index contributed by atoms with van der Waals surface area (Å²) in [5.41, 5.74) is 2.07. The van der Waals surface area contributed by atoms with E-state index in [1.807, 2.05) is 42.5 Å². The van der Waals surface area contributed by atoms with Crippen LogP contribution in [0.25, 0.3) is 0 Å². The summed E-state index contributed by atoms with van der Waals surface area (Å²) >= 11 is 9.75. The van der Waals surface area contributed by atoms with Gasteiger partial charge >= 0.3 is 0 Å². The van der Waals surface area contributed by atoms with E-state index >= 15 is 0 Å². The number of halogens is 2. The van der Waals surface area contributed by atoms with Crippen molar-refractivity contribution in [1.29, 1.82) is 0 Å². The topological polar surface area (TPSA) is 18.5 Å². The highest BCUT2D eigenvalue weighted by Gasteiger charge is 2.16. The summed E-state index contributed by atoms with van der Waals surface area (Å²) in [5, 5.41) is 0.683. The van der Waals surface area contributed by atoms with E-state index in [1.54, 1.807) is 14.2 Å². The van der Waals surface area contributed by atoms with E-state index in [1.165, 1.54) is 0 Å². The monoisotopic (exact) mass is 340 g/mol. The fourth-order valence-electron chi connectivity index (χ4n) is 1.88. The molecule has 0 fully saturated rings. The second-order valence-electron chi connectivity index (χ2n) is 4.03. The zero-order chi connectivity index (χ0) is 13.8. The molecule has 2 aromatic carbocycles. The Morgan fingerprint density at radius 1 is 1.05 bits per heavy atom. The van der Waals surface area contributed by atoms with Crippen LogP contribution in [0.2, 0.25) is 5.02 Å². The molecule has 0 N–H and O–H groups in total. The third-order valence-corrected chi connectivity index (χ3v) is 4.11. The van der Waals surface area contributed by atoms with Crippen LogP contribution in [0.1, 0.15) is 16.0 Å². The van der Waals surface area contributed by atoms with Gasteiger partial charge in [0.05, 0.1) is 19.0 Å². The molecule has 0 heterocycles. The second-order valence-corrected chi connectivity index (χ2v) is 5.38. The van der Waals surface area contributed by atoms with Crippen LogP contribution >= 0.6 is 27.5 Å². The summed E-state index contributed by atoms with van der Waals surface area (Å²) in [4.78, 5) is -0.00347. The minimum Gasteiger partial charge on any atom is -0.497 e. The summed E-state index contributed by atoms with van der Waals surface area (Å²) in [6.07, 6.45) is 0. The summed E-state index contributed by atoms with van der Waals surface area (Å²) in [6, 6.07) is 13.5. The van der Waals surface area contributed by atoms with Gasteiger partial charge in [0.1, 0.15) is 11.5 Å². The minimum atomic E-state index is -0.00347. The van der Waals surface area contributed by atoms with Crippen molar-refractivity contribution in [1.82, 2.24) is 0 Å². The van der Waals surface area contributed by atoms with Gasteiger partial charge in [-0.05, 0) is 35.9 Å². The quantitative estimate of drug-likeness (QED) is 0.741. The van der Waals surface area contributed by atoms with Crippen molar-refractivity contribution in [2.75, 3.05) is 14.2 Å². The van der Waals surface area contributed by atoms with Crippen LogP contribution in [0.4, 0.5) is 0 Å². The molecule has 100 valence electrons. The maximum atomic E-state index is 6.06. The van der Waals surface area contributed by atoms with Crippen molar-refractivity contribution in [2.45, 2.75) is 4.83 Å². The smallest absolute Gasteiger partial charge is 0.123 e. The van der Waals surface area contributed by atoms with E-state index in [0.717, 1.165) is 22.6 Å². The molecule has 0 saturated heterocycles. The fourth-order valence-corrected chi connectivity index (χ4v) is 2.71. The molecule has 0 amide bonds. The lowest BCUT2D eigenvalue weighted by atomic mass is 10.0. The number of methoxy groups -OCH3 is 2. The number of rotatable bonds is 4. The number of alkyl halides is 1. The lowest BCUT2D eigenvalue weighted by Crippen LogP contribution is -1.97. The van der Waals surface area contributed by atoms with Gasteiger partial charge in [0.25, 0.3) is 0 Å². The summed E-state index contributed by atoms with van der Waals surface area (Å²) in [6.45, 7) is 0. The molecule has 0 bridgehead atoms. The number of hydrogen-bond donors (Lipinski definition) is 0. The Bertz CT molecular complexity index is 572. The standard InChI is InChI=1S/C15H14BrClO2/c1-18-12-5-3-4-10(8-12)15(16)13-9-11(17)6-7-14(13)19-2/h3-9,15H,1-2H3. The predicted octanol–water partition coefficient (Wildman–Crippen LogP) is 4.84. The molecule has 0 aliphatic carbocycles. The molecule has 0 aliphatic heterocycles. The molecular weight excluding hydrogens is 328 g/mol. The van der Waals surface area contributed by atoms with Crippen molar-refractivity contribution in [3.8, 4) is 11.5 Å². The first-order chi connectivity index (χ1) is 9.15. The van der Waals surface area contributed by atoms with Gasteiger partial charge in [0.15, 0.2) is 0 Å². The van der Waals surface area contributed by atoms with E-state index in [-0.39, 0.29) is 4.83 Å². The maximum Gasteiger partial charge on any atom is 0.123 e. The van der Waals surface area contributed by atoms with Crippen LogP contribution in [-0.2, 0) is 0 Å². The van der Waals surface area contributed by atoms with Gasteiger partial charge < -0.3 is 9.47 Å². The first-order valence-corrected chi connectivity index (χ1v) is 7.06. The average molecular weight is 342 g/mol. The Labute approximate surface area is 126 Å². The Balaban J connectivity index is 2.42. The second kappa shape index (κ2) is 6.31. The number of hydrogen-bond acceptors (Lipinski definition) is 2. The van der Waals surface area contributed by atoms with Crippen LogP contribution in [0.3, 0.4) is 0 Å². The normalized spacial score (nSPS) is 12.0. The zero-order valence-corrected chi connectivity index (χ0v) is 13.0. The fraction of sp³-hybridized carbons (Fsp3) is 0.200.